The maximum atomic E-state index is 12.4. The molecule has 2 aromatic rings. The van der Waals surface area contributed by atoms with E-state index in [0.717, 1.165) is 28.7 Å². The van der Waals surface area contributed by atoms with E-state index >= 15 is 0 Å². The zero-order valence-corrected chi connectivity index (χ0v) is 20.4. The fourth-order valence-electron chi connectivity index (χ4n) is 3.18. The van der Waals surface area contributed by atoms with Gasteiger partial charge in [0.25, 0.3) is 0 Å². The molecule has 1 atom stereocenters. The quantitative estimate of drug-likeness (QED) is 0.412. The highest BCUT2D eigenvalue weighted by Gasteiger charge is 2.27. The summed E-state index contributed by atoms with van der Waals surface area (Å²) in [6.07, 6.45) is 1.90. The Morgan fingerprint density at radius 3 is 2.32 bits per heavy atom. The normalized spacial score (nSPS) is 12.1. The van der Waals surface area contributed by atoms with Crippen LogP contribution in [0.3, 0.4) is 0 Å². The van der Waals surface area contributed by atoms with Crippen molar-refractivity contribution in [3.05, 3.63) is 65.7 Å². The molecule has 0 aliphatic carbocycles. The average Bonchev–Trinajstić information content (AvgIpc) is 2.81. The van der Waals surface area contributed by atoms with Crippen molar-refractivity contribution in [2.45, 2.75) is 38.8 Å². The first-order chi connectivity index (χ1) is 16.2. The molecule has 2 aromatic carbocycles. The lowest BCUT2D eigenvalue weighted by Crippen LogP contribution is -2.50. The lowest BCUT2D eigenvalue weighted by molar-refractivity contribution is -0.128. The molecule has 2 rings (SSSR count). The summed E-state index contributed by atoms with van der Waals surface area (Å²) < 4.78 is 37.3. The summed E-state index contributed by atoms with van der Waals surface area (Å²) in [4.78, 5) is 25.6. The molecular formula is C24H33N3O6S. The number of nitrogens with zero attached hydrogens (tertiary/aromatic N) is 1. The summed E-state index contributed by atoms with van der Waals surface area (Å²) >= 11 is 0. The number of unbranched alkanes of at least 4 members (excludes halogenated alkanes) is 1. The second-order valence-electron chi connectivity index (χ2n) is 7.89. The first-order valence-corrected chi connectivity index (χ1v) is 13.0. The number of carbonyl (C=O) groups is 2. The van der Waals surface area contributed by atoms with E-state index in [4.69, 9.17) is 15.2 Å². The number of hydrogen-bond acceptors (Lipinski definition) is 7. The summed E-state index contributed by atoms with van der Waals surface area (Å²) in [6, 6.07) is 16.2. The third-order valence-electron chi connectivity index (χ3n) is 4.86. The Balaban J connectivity index is 2.08. The molecule has 3 N–H and O–H groups in total. The van der Waals surface area contributed by atoms with E-state index in [0.29, 0.717) is 18.8 Å². The van der Waals surface area contributed by atoms with Crippen molar-refractivity contribution in [1.82, 2.24) is 9.62 Å². The molecule has 186 valence electrons. The van der Waals surface area contributed by atoms with E-state index in [1.807, 2.05) is 49.4 Å². The number of nitrogens with one attached hydrogen (secondary N) is 1. The number of imide groups is 1. The van der Waals surface area contributed by atoms with Crippen LogP contribution in [-0.4, -0.2) is 57.3 Å². The van der Waals surface area contributed by atoms with Gasteiger partial charge in [0, 0.05) is 12.6 Å². The minimum atomic E-state index is -3.61. The minimum absolute atomic E-state index is 0.165. The van der Waals surface area contributed by atoms with Crippen molar-refractivity contribution in [1.29, 1.82) is 0 Å². The molecule has 0 saturated carbocycles. The van der Waals surface area contributed by atoms with Gasteiger partial charge < -0.3 is 15.2 Å². The summed E-state index contributed by atoms with van der Waals surface area (Å²) in [7, 11) is -3.61. The van der Waals surface area contributed by atoms with E-state index in [1.54, 1.807) is 12.1 Å². The van der Waals surface area contributed by atoms with Gasteiger partial charge in [0.05, 0.1) is 19.4 Å². The molecule has 0 fully saturated rings. The van der Waals surface area contributed by atoms with Crippen LogP contribution in [0.4, 0.5) is 4.79 Å². The second kappa shape index (κ2) is 13.7. The number of carbonyl (C=O) groups excluding carboxylic acids is 2. The first kappa shape index (κ1) is 27.3. The van der Waals surface area contributed by atoms with Gasteiger partial charge in [0.15, 0.2) is 0 Å². The Morgan fingerprint density at radius 1 is 1.06 bits per heavy atom. The van der Waals surface area contributed by atoms with Gasteiger partial charge in [0.1, 0.15) is 12.4 Å². The van der Waals surface area contributed by atoms with Crippen molar-refractivity contribution in [3.8, 4) is 5.75 Å². The molecular weight excluding hydrogens is 458 g/mol. The van der Waals surface area contributed by atoms with Crippen molar-refractivity contribution in [2.75, 3.05) is 26.0 Å². The van der Waals surface area contributed by atoms with Crippen LogP contribution in [0.15, 0.2) is 54.6 Å². The van der Waals surface area contributed by atoms with Gasteiger partial charge in [-0.3, -0.25) is 4.79 Å². The molecule has 0 spiro atoms. The van der Waals surface area contributed by atoms with Crippen molar-refractivity contribution >= 4 is 22.0 Å². The van der Waals surface area contributed by atoms with Crippen molar-refractivity contribution < 1.29 is 27.5 Å². The van der Waals surface area contributed by atoms with E-state index in [1.165, 1.54) is 0 Å². The molecule has 10 heteroatoms. The number of nitrogens with two attached hydrogens (primary N) is 1. The molecule has 0 bridgehead atoms. The summed E-state index contributed by atoms with van der Waals surface area (Å²) in [6.45, 7) is 1.93. The maximum absolute atomic E-state index is 12.4. The standard InChI is InChI=1S/C24H33N3O6S/c1-3-4-14-32-24(29)27(23(28)16-25)17-21(26-34(2,30)31)15-19-10-12-22(13-11-19)33-18-20-8-6-5-7-9-20/h5-13,21,26H,3-4,14-18,25H2,1-2H3. The highest BCUT2D eigenvalue weighted by Crippen LogP contribution is 2.16. The van der Waals surface area contributed by atoms with Crippen LogP contribution < -0.4 is 15.2 Å². The minimum Gasteiger partial charge on any atom is -0.489 e. The molecule has 0 heterocycles. The molecule has 34 heavy (non-hydrogen) atoms. The largest absolute Gasteiger partial charge is 0.489 e. The number of amides is 2. The third kappa shape index (κ3) is 9.90. The SMILES string of the molecule is CCCCOC(=O)N(CC(Cc1ccc(OCc2ccccc2)cc1)NS(C)(=O)=O)C(=O)CN. The Hall–Kier alpha value is -2.95. The highest BCUT2D eigenvalue weighted by molar-refractivity contribution is 7.88. The van der Waals surface area contributed by atoms with E-state index < -0.39 is 34.6 Å². The zero-order valence-electron chi connectivity index (χ0n) is 19.6. The summed E-state index contributed by atoms with van der Waals surface area (Å²) in [5.41, 5.74) is 7.30. The summed E-state index contributed by atoms with van der Waals surface area (Å²) in [5, 5.41) is 0. The maximum Gasteiger partial charge on any atom is 0.416 e. The molecule has 1 unspecified atom stereocenters. The molecule has 0 radical (unpaired) electrons. The number of sulfonamides is 1. The smallest absolute Gasteiger partial charge is 0.416 e. The number of ether oxygens (including phenoxy) is 2. The van der Waals surface area contributed by atoms with Gasteiger partial charge >= 0.3 is 6.09 Å². The first-order valence-electron chi connectivity index (χ1n) is 11.1. The Morgan fingerprint density at radius 2 is 1.74 bits per heavy atom. The van der Waals surface area contributed by atoms with Gasteiger partial charge in [-0.1, -0.05) is 55.8 Å². The predicted molar refractivity (Wildman–Crippen MR) is 130 cm³/mol. The van der Waals surface area contributed by atoms with Gasteiger partial charge in [-0.05, 0) is 36.1 Å². The van der Waals surface area contributed by atoms with Gasteiger partial charge in [-0.2, -0.15) is 0 Å². The second-order valence-corrected chi connectivity index (χ2v) is 9.67. The highest BCUT2D eigenvalue weighted by atomic mass is 32.2. The van der Waals surface area contributed by atoms with Crippen LogP contribution in [0.1, 0.15) is 30.9 Å². The number of benzene rings is 2. The van der Waals surface area contributed by atoms with E-state index in [9.17, 15) is 18.0 Å². The van der Waals surface area contributed by atoms with Crippen LogP contribution in [0.2, 0.25) is 0 Å². The topological polar surface area (TPSA) is 128 Å². The Kier molecular flexibility index (Phi) is 11.0. The fraction of sp³-hybridized carbons (Fsp3) is 0.417. The molecule has 2 amide bonds. The molecule has 0 aliphatic rings. The fourth-order valence-corrected chi connectivity index (χ4v) is 3.95. The lowest BCUT2D eigenvalue weighted by Gasteiger charge is -2.26. The van der Waals surface area contributed by atoms with Crippen LogP contribution in [0.25, 0.3) is 0 Å². The Labute approximate surface area is 201 Å². The van der Waals surface area contributed by atoms with Crippen LogP contribution >= 0.6 is 0 Å². The van der Waals surface area contributed by atoms with Crippen LogP contribution in [-0.2, 0) is 32.6 Å². The van der Waals surface area contributed by atoms with Gasteiger partial charge in [0.2, 0.25) is 15.9 Å². The lowest BCUT2D eigenvalue weighted by atomic mass is 10.1. The van der Waals surface area contributed by atoms with Crippen molar-refractivity contribution in [3.63, 3.8) is 0 Å². The Bertz CT molecular complexity index is 1010. The molecule has 9 nitrogen and oxygen atoms in total. The predicted octanol–water partition coefficient (Wildman–Crippen LogP) is 2.45. The monoisotopic (exact) mass is 491 g/mol. The van der Waals surface area contributed by atoms with E-state index in [2.05, 4.69) is 4.72 Å². The van der Waals surface area contributed by atoms with Crippen LogP contribution in [0.5, 0.6) is 5.75 Å². The van der Waals surface area contributed by atoms with Gasteiger partial charge in [-0.15, -0.1) is 0 Å². The third-order valence-corrected chi connectivity index (χ3v) is 5.62. The molecule has 0 saturated heterocycles. The van der Waals surface area contributed by atoms with Gasteiger partial charge in [-0.25, -0.2) is 22.8 Å². The summed E-state index contributed by atoms with van der Waals surface area (Å²) in [5.74, 6) is 0.0196. The van der Waals surface area contributed by atoms with Crippen molar-refractivity contribution in [2.24, 2.45) is 5.73 Å². The number of hydrogen-bond donors (Lipinski definition) is 2. The molecule has 0 aliphatic heterocycles. The van der Waals surface area contributed by atoms with Crippen LogP contribution in [0, 0.1) is 0 Å². The average molecular weight is 492 g/mol. The molecule has 0 aromatic heterocycles. The number of rotatable bonds is 13. The van der Waals surface area contributed by atoms with E-state index in [-0.39, 0.29) is 19.6 Å². The zero-order chi connectivity index (χ0) is 25.0.